The number of hydrogen-bond donors (Lipinski definition) is 1. The molecule has 0 fully saturated rings. The lowest BCUT2D eigenvalue weighted by molar-refractivity contribution is 0.699. The number of rotatable bonds is 4. The van der Waals surface area contributed by atoms with E-state index in [1.165, 1.54) is 4.88 Å². The Balaban J connectivity index is 1.94. The fraction of sp³-hybridized carbons (Fsp3) is 0.167. The van der Waals surface area contributed by atoms with Crippen LogP contribution in [0.4, 0.5) is 0 Å². The smallest absolute Gasteiger partial charge is 0.0451 e. The van der Waals surface area contributed by atoms with Gasteiger partial charge in [0.25, 0.3) is 0 Å². The maximum Gasteiger partial charge on any atom is 0.0451 e. The summed E-state index contributed by atoms with van der Waals surface area (Å²) in [6.45, 7) is 1.61. The van der Waals surface area contributed by atoms with E-state index in [2.05, 4.69) is 48.6 Å². The normalized spacial score (nSPS) is 10.8. The van der Waals surface area contributed by atoms with E-state index in [0.717, 1.165) is 32.6 Å². The minimum absolute atomic E-state index is 0.766. The first-order chi connectivity index (χ1) is 8.16. The standard InChI is InChI=1S/C12H10Br2ClNS/c13-9-1-2-11(15)8(5-9)6-16-7-12-10(14)3-4-17-12/h1-5,16H,6-7H2. The molecule has 0 atom stereocenters. The third-order valence-electron chi connectivity index (χ3n) is 2.30. The summed E-state index contributed by atoms with van der Waals surface area (Å²) in [5.41, 5.74) is 1.11. The van der Waals surface area contributed by atoms with Gasteiger partial charge < -0.3 is 5.32 Å². The Morgan fingerprint density at radius 3 is 2.71 bits per heavy atom. The number of hydrogen-bond acceptors (Lipinski definition) is 2. The summed E-state index contributed by atoms with van der Waals surface area (Å²) < 4.78 is 2.21. The molecule has 0 spiro atoms. The third kappa shape index (κ3) is 3.80. The highest BCUT2D eigenvalue weighted by Gasteiger charge is 2.03. The van der Waals surface area contributed by atoms with Crippen LogP contribution >= 0.6 is 54.8 Å². The van der Waals surface area contributed by atoms with Gasteiger partial charge in [-0.15, -0.1) is 11.3 Å². The molecule has 5 heteroatoms. The van der Waals surface area contributed by atoms with Gasteiger partial charge in [0.05, 0.1) is 0 Å². The Labute approximate surface area is 126 Å². The Bertz CT molecular complexity index is 513. The lowest BCUT2D eigenvalue weighted by Gasteiger charge is -2.06. The van der Waals surface area contributed by atoms with Crippen molar-refractivity contribution in [2.75, 3.05) is 0 Å². The summed E-state index contributed by atoms with van der Waals surface area (Å²) in [7, 11) is 0. The van der Waals surface area contributed by atoms with Gasteiger partial charge in [-0.1, -0.05) is 27.5 Å². The van der Waals surface area contributed by atoms with Crippen LogP contribution in [-0.2, 0) is 13.1 Å². The molecule has 1 aromatic heterocycles. The molecule has 2 aromatic rings. The quantitative estimate of drug-likeness (QED) is 0.749. The molecule has 0 aliphatic heterocycles. The third-order valence-corrected chi connectivity index (χ3v) is 5.09. The summed E-state index contributed by atoms with van der Waals surface area (Å²) in [6.07, 6.45) is 0. The predicted molar refractivity (Wildman–Crippen MR) is 81.7 cm³/mol. The Morgan fingerprint density at radius 1 is 1.18 bits per heavy atom. The van der Waals surface area contributed by atoms with E-state index in [9.17, 15) is 0 Å². The second-order valence-corrected chi connectivity index (χ2v) is 6.71. The largest absolute Gasteiger partial charge is 0.308 e. The van der Waals surface area contributed by atoms with E-state index in [1.807, 2.05) is 18.2 Å². The van der Waals surface area contributed by atoms with Crippen LogP contribution in [0.3, 0.4) is 0 Å². The van der Waals surface area contributed by atoms with Crippen molar-refractivity contribution in [1.29, 1.82) is 0 Å². The molecule has 17 heavy (non-hydrogen) atoms. The van der Waals surface area contributed by atoms with Gasteiger partial charge in [-0.05, 0) is 51.1 Å². The molecule has 1 heterocycles. The van der Waals surface area contributed by atoms with E-state index in [0.29, 0.717) is 0 Å². The van der Waals surface area contributed by atoms with Gasteiger partial charge in [-0.25, -0.2) is 0 Å². The van der Waals surface area contributed by atoms with Gasteiger partial charge in [0, 0.05) is 31.9 Å². The molecule has 1 nitrogen and oxygen atoms in total. The van der Waals surface area contributed by atoms with Gasteiger partial charge in [0.15, 0.2) is 0 Å². The van der Waals surface area contributed by atoms with Crippen LogP contribution in [-0.4, -0.2) is 0 Å². The Hall–Kier alpha value is 0.130. The van der Waals surface area contributed by atoms with Gasteiger partial charge in [-0.2, -0.15) is 0 Å². The molecule has 1 N–H and O–H groups in total. The fourth-order valence-electron chi connectivity index (χ4n) is 1.44. The van der Waals surface area contributed by atoms with E-state index >= 15 is 0 Å². The van der Waals surface area contributed by atoms with Crippen LogP contribution in [0.5, 0.6) is 0 Å². The van der Waals surface area contributed by atoms with Crippen LogP contribution in [0, 0.1) is 0 Å². The molecule has 0 amide bonds. The molecule has 90 valence electrons. The van der Waals surface area contributed by atoms with Crippen LogP contribution in [0.25, 0.3) is 0 Å². The SMILES string of the molecule is Clc1ccc(Br)cc1CNCc1sccc1Br. The molecule has 2 rings (SSSR count). The van der Waals surface area contributed by atoms with Crippen molar-refractivity contribution >= 4 is 54.8 Å². The maximum absolute atomic E-state index is 6.12. The lowest BCUT2D eigenvalue weighted by atomic mass is 10.2. The summed E-state index contributed by atoms with van der Waals surface area (Å²) in [5.74, 6) is 0. The summed E-state index contributed by atoms with van der Waals surface area (Å²) in [4.78, 5) is 1.30. The van der Waals surface area contributed by atoms with Crippen LogP contribution in [0.15, 0.2) is 38.6 Å². The topological polar surface area (TPSA) is 12.0 Å². The summed E-state index contributed by atoms with van der Waals surface area (Å²) >= 11 is 14.8. The highest BCUT2D eigenvalue weighted by atomic mass is 79.9. The summed E-state index contributed by atoms with van der Waals surface area (Å²) in [5, 5.41) is 6.26. The molecule has 0 unspecified atom stereocenters. The van der Waals surface area contributed by atoms with Crippen molar-refractivity contribution in [2.24, 2.45) is 0 Å². The molecule has 0 saturated carbocycles. The van der Waals surface area contributed by atoms with Crippen molar-refractivity contribution in [3.63, 3.8) is 0 Å². The van der Waals surface area contributed by atoms with E-state index in [1.54, 1.807) is 11.3 Å². The monoisotopic (exact) mass is 393 g/mol. The van der Waals surface area contributed by atoms with Crippen molar-refractivity contribution in [3.8, 4) is 0 Å². The zero-order valence-electron chi connectivity index (χ0n) is 8.84. The van der Waals surface area contributed by atoms with Gasteiger partial charge in [0.1, 0.15) is 0 Å². The highest BCUT2D eigenvalue weighted by molar-refractivity contribution is 9.10. The van der Waals surface area contributed by atoms with Gasteiger partial charge in [0.2, 0.25) is 0 Å². The van der Waals surface area contributed by atoms with Crippen molar-refractivity contribution in [2.45, 2.75) is 13.1 Å². The van der Waals surface area contributed by atoms with Crippen LogP contribution < -0.4 is 5.32 Å². The average Bonchev–Trinajstić information content (AvgIpc) is 2.70. The van der Waals surface area contributed by atoms with Crippen molar-refractivity contribution in [1.82, 2.24) is 5.32 Å². The zero-order chi connectivity index (χ0) is 12.3. The molecule has 0 aliphatic rings. The first kappa shape index (κ1) is 13.6. The molecule has 0 radical (unpaired) electrons. The molecule has 0 bridgehead atoms. The van der Waals surface area contributed by atoms with E-state index in [-0.39, 0.29) is 0 Å². The Kier molecular flexibility index (Phi) is 5.06. The summed E-state index contributed by atoms with van der Waals surface area (Å²) in [6, 6.07) is 7.96. The van der Waals surface area contributed by atoms with Gasteiger partial charge in [-0.3, -0.25) is 0 Å². The fourth-order valence-corrected chi connectivity index (χ4v) is 3.50. The molecule has 0 aliphatic carbocycles. The number of thiophene rings is 1. The Morgan fingerprint density at radius 2 is 2.00 bits per heavy atom. The van der Waals surface area contributed by atoms with Crippen molar-refractivity contribution < 1.29 is 0 Å². The molecular weight excluding hydrogens is 385 g/mol. The second-order valence-electron chi connectivity index (χ2n) is 3.53. The first-order valence-corrected chi connectivity index (χ1v) is 7.87. The predicted octanol–water partition coefficient (Wildman–Crippen LogP) is 5.22. The van der Waals surface area contributed by atoms with E-state index in [4.69, 9.17) is 11.6 Å². The second kappa shape index (κ2) is 6.34. The number of benzene rings is 1. The van der Waals surface area contributed by atoms with Crippen LogP contribution in [0.1, 0.15) is 10.4 Å². The number of nitrogens with one attached hydrogen (secondary N) is 1. The first-order valence-electron chi connectivity index (χ1n) is 5.03. The maximum atomic E-state index is 6.12. The number of halogens is 3. The highest BCUT2D eigenvalue weighted by Crippen LogP contribution is 2.23. The molecule has 1 aromatic carbocycles. The van der Waals surface area contributed by atoms with Gasteiger partial charge >= 0.3 is 0 Å². The molecular formula is C12H10Br2ClNS. The average molecular weight is 396 g/mol. The minimum Gasteiger partial charge on any atom is -0.308 e. The van der Waals surface area contributed by atoms with Crippen LogP contribution in [0.2, 0.25) is 5.02 Å². The van der Waals surface area contributed by atoms with E-state index < -0.39 is 0 Å². The van der Waals surface area contributed by atoms with Crippen molar-refractivity contribution in [3.05, 3.63) is 54.1 Å². The lowest BCUT2D eigenvalue weighted by Crippen LogP contribution is -2.12. The minimum atomic E-state index is 0.766. The molecule has 0 saturated heterocycles. The zero-order valence-corrected chi connectivity index (χ0v) is 13.6.